The predicted molar refractivity (Wildman–Crippen MR) is 89.7 cm³/mol. The maximum Gasteiger partial charge on any atom is 0.111 e. The lowest BCUT2D eigenvalue weighted by molar-refractivity contribution is 0.355. The Balaban J connectivity index is 2.19. The largest absolute Gasteiger partial charge is 0.328 e. The van der Waals surface area contributed by atoms with Crippen molar-refractivity contribution in [1.29, 1.82) is 0 Å². The topological polar surface area (TPSA) is 33.1 Å². The van der Waals surface area contributed by atoms with E-state index in [-0.39, 0.29) is 0 Å². The smallest absolute Gasteiger partial charge is 0.111 e. The number of nitrogens with one attached hydrogen (secondary N) is 1. The number of hydrogen-bond acceptors (Lipinski definition) is 3. The molecule has 2 rings (SSSR count). The van der Waals surface area contributed by atoms with Gasteiger partial charge in [0.15, 0.2) is 0 Å². The molecule has 0 amide bonds. The van der Waals surface area contributed by atoms with E-state index in [9.17, 15) is 0 Å². The normalized spacial score (nSPS) is 13.2. The van der Waals surface area contributed by atoms with E-state index in [1.54, 1.807) is 0 Å². The van der Waals surface area contributed by atoms with Crippen molar-refractivity contribution >= 4 is 11.0 Å². The molecule has 1 heterocycles. The van der Waals surface area contributed by atoms with Crippen molar-refractivity contribution in [2.24, 2.45) is 0 Å². The zero-order chi connectivity index (χ0) is 15.2. The lowest BCUT2D eigenvalue weighted by Gasteiger charge is -2.20. The van der Waals surface area contributed by atoms with Gasteiger partial charge in [-0.25, -0.2) is 4.98 Å². The minimum atomic E-state index is 0.486. The zero-order valence-electron chi connectivity index (χ0n) is 13.8. The van der Waals surface area contributed by atoms with Gasteiger partial charge in [-0.15, -0.1) is 0 Å². The fourth-order valence-corrected chi connectivity index (χ4v) is 2.83. The Kier molecular flexibility index (Phi) is 5.76. The maximum atomic E-state index is 4.84. The molecule has 4 nitrogen and oxygen atoms in total. The molecule has 0 saturated heterocycles. The summed E-state index contributed by atoms with van der Waals surface area (Å²) in [6, 6.07) is 8.91. The molecule has 4 heteroatoms. The fourth-order valence-electron chi connectivity index (χ4n) is 2.83. The molecule has 1 atom stereocenters. The standard InChI is InChI=1S/C17H28N4/c1-5-18-14(11-12-20(3)4)13-17-19-15-9-7-8-10-16(15)21(17)6-2/h7-10,14,18H,5-6,11-13H2,1-4H3. The molecule has 0 aliphatic rings. The summed E-state index contributed by atoms with van der Waals surface area (Å²) in [7, 11) is 4.26. The van der Waals surface area contributed by atoms with Crippen molar-refractivity contribution in [3.05, 3.63) is 30.1 Å². The van der Waals surface area contributed by atoms with Crippen LogP contribution in [0.4, 0.5) is 0 Å². The number of aryl methyl sites for hydroxylation is 1. The minimum Gasteiger partial charge on any atom is -0.328 e. The van der Waals surface area contributed by atoms with Crippen LogP contribution in [-0.2, 0) is 13.0 Å². The summed E-state index contributed by atoms with van der Waals surface area (Å²) < 4.78 is 2.34. The summed E-state index contributed by atoms with van der Waals surface area (Å²) in [6.07, 6.45) is 2.14. The minimum absolute atomic E-state index is 0.486. The van der Waals surface area contributed by atoms with Crippen LogP contribution < -0.4 is 5.32 Å². The molecule has 1 aromatic carbocycles. The molecule has 0 saturated carbocycles. The van der Waals surface area contributed by atoms with Crippen LogP contribution in [0.3, 0.4) is 0 Å². The van der Waals surface area contributed by atoms with Gasteiger partial charge in [0.05, 0.1) is 11.0 Å². The second-order valence-corrected chi connectivity index (χ2v) is 5.81. The first-order chi connectivity index (χ1) is 10.2. The van der Waals surface area contributed by atoms with Gasteiger partial charge in [-0.3, -0.25) is 0 Å². The number of aromatic nitrogens is 2. The summed E-state index contributed by atoms with van der Waals surface area (Å²) in [6.45, 7) is 7.45. The van der Waals surface area contributed by atoms with Gasteiger partial charge in [-0.05, 0) is 52.7 Å². The van der Waals surface area contributed by atoms with Crippen molar-refractivity contribution < 1.29 is 0 Å². The highest BCUT2D eigenvalue weighted by molar-refractivity contribution is 5.75. The fraction of sp³-hybridized carbons (Fsp3) is 0.588. The molecule has 0 aliphatic carbocycles. The molecule has 1 aromatic heterocycles. The second kappa shape index (κ2) is 7.57. The van der Waals surface area contributed by atoms with Crippen molar-refractivity contribution in [1.82, 2.24) is 19.8 Å². The van der Waals surface area contributed by atoms with Crippen LogP contribution in [0.15, 0.2) is 24.3 Å². The summed E-state index contributed by atoms with van der Waals surface area (Å²) in [4.78, 5) is 7.09. The average Bonchev–Trinajstić information content (AvgIpc) is 2.82. The van der Waals surface area contributed by atoms with Crippen molar-refractivity contribution in [3.63, 3.8) is 0 Å². The van der Waals surface area contributed by atoms with Gasteiger partial charge >= 0.3 is 0 Å². The van der Waals surface area contributed by atoms with E-state index in [1.165, 1.54) is 11.3 Å². The Morgan fingerprint density at radius 1 is 1.24 bits per heavy atom. The van der Waals surface area contributed by atoms with Gasteiger partial charge in [0, 0.05) is 19.0 Å². The van der Waals surface area contributed by atoms with E-state index in [4.69, 9.17) is 4.98 Å². The van der Waals surface area contributed by atoms with Crippen LogP contribution in [0.5, 0.6) is 0 Å². The number of nitrogens with zero attached hydrogens (tertiary/aromatic N) is 3. The van der Waals surface area contributed by atoms with Crippen LogP contribution in [0.1, 0.15) is 26.1 Å². The number of para-hydroxylation sites is 2. The van der Waals surface area contributed by atoms with Gasteiger partial charge in [0.1, 0.15) is 5.82 Å². The molecule has 0 fully saturated rings. The molecular formula is C17H28N4. The Morgan fingerprint density at radius 2 is 2.00 bits per heavy atom. The van der Waals surface area contributed by atoms with E-state index in [1.807, 2.05) is 0 Å². The monoisotopic (exact) mass is 288 g/mol. The Labute approximate surface area is 128 Å². The van der Waals surface area contributed by atoms with Gasteiger partial charge in [-0.1, -0.05) is 19.1 Å². The molecule has 0 aliphatic heterocycles. The Hall–Kier alpha value is -1.39. The number of rotatable bonds is 8. The molecule has 2 aromatic rings. The van der Waals surface area contributed by atoms with Crippen LogP contribution in [-0.4, -0.2) is 47.7 Å². The highest BCUT2D eigenvalue weighted by Crippen LogP contribution is 2.17. The molecule has 0 spiro atoms. The van der Waals surface area contributed by atoms with E-state index >= 15 is 0 Å². The summed E-state index contributed by atoms with van der Waals surface area (Å²) in [5.41, 5.74) is 2.36. The first-order valence-electron chi connectivity index (χ1n) is 7.98. The number of hydrogen-bond donors (Lipinski definition) is 1. The van der Waals surface area contributed by atoms with Gasteiger partial charge in [0.2, 0.25) is 0 Å². The molecule has 116 valence electrons. The number of likely N-dealkylation sites (N-methyl/N-ethyl adjacent to an activating group) is 1. The van der Waals surface area contributed by atoms with E-state index < -0.39 is 0 Å². The van der Waals surface area contributed by atoms with Crippen molar-refractivity contribution in [2.45, 2.75) is 39.3 Å². The molecule has 1 unspecified atom stereocenters. The second-order valence-electron chi connectivity index (χ2n) is 5.81. The van der Waals surface area contributed by atoms with Gasteiger partial charge in [0.25, 0.3) is 0 Å². The first kappa shape index (κ1) is 16.0. The number of fused-ring (bicyclic) bond motifs is 1. The van der Waals surface area contributed by atoms with Crippen LogP contribution >= 0.6 is 0 Å². The number of imidazole rings is 1. The molecule has 0 bridgehead atoms. The molecule has 1 N–H and O–H groups in total. The molecule has 21 heavy (non-hydrogen) atoms. The van der Waals surface area contributed by atoms with E-state index in [0.717, 1.165) is 38.0 Å². The lowest BCUT2D eigenvalue weighted by Crippen LogP contribution is -2.34. The average molecular weight is 288 g/mol. The third-order valence-corrected chi connectivity index (χ3v) is 3.90. The van der Waals surface area contributed by atoms with Crippen molar-refractivity contribution in [2.75, 3.05) is 27.2 Å². The highest BCUT2D eigenvalue weighted by Gasteiger charge is 2.15. The van der Waals surface area contributed by atoms with Crippen LogP contribution in [0.2, 0.25) is 0 Å². The third kappa shape index (κ3) is 4.05. The Morgan fingerprint density at radius 3 is 2.67 bits per heavy atom. The van der Waals surface area contributed by atoms with Crippen LogP contribution in [0, 0.1) is 0 Å². The SMILES string of the molecule is CCNC(CCN(C)C)Cc1nc2ccccc2n1CC. The van der Waals surface area contributed by atoms with Crippen molar-refractivity contribution in [3.8, 4) is 0 Å². The Bertz CT molecular complexity index is 559. The van der Waals surface area contributed by atoms with E-state index in [0.29, 0.717) is 6.04 Å². The summed E-state index contributed by atoms with van der Waals surface area (Å²) in [5, 5.41) is 3.60. The van der Waals surface area contributed by atoms with Gasteiger partial charge in [-0.2, -0.15) is 0 Å². The zero-order valence-corrected chi connectivity index (χ0v) is 13.8. The molecule has 0 radical (unpaired) electrons. The molecular weight excluding hydrogens is 260 g/mol. The highest BCUT2D eigenvalue weighted by atomic mass is 15.1. The summed E-state index contributed by atoms with van der Waals surface area (Å²) in [5.74, 6) is 1.20. The van der Waals surface area contributed by atoms with Crippen LogP contribution in [0.25, 0.3) is 11.0 Å². The predicted octanol–water partition coefficient (Wildman–Crippen LogP) is 2.53. The van der Waals surface area contributed by atoms with E-state index in [2.05, 4.69) is 67.0 Å². The maximum absolute atomic E-state index is 4.84. The quantitative estimate of drug-likeness (QED) is 0.810. The number of benzene rings is 1. The summed E-state index contributed by atoms with van der Waals surface area (Å²) >= 11 is 0. The lowest BCUT2D eigenvalue weighted by atomic mass is 10.1. The van der Waals surface area contributed by atoms with Gasteiger partial charge < -0.3 is 14.8 Å². The first-order valence-corrected chi connectivity index (χ1v) is 7.98. The third-order valence-electron chi connectivity index (χ3n) is 3.90.